The van der Waals surface area contributed by atoms with Crippen molar-refractivity contribution in [2.45, 2.75) is 32.7 Å². The number of hydrogen-bond acceptors (Lipinski definition) is 5. The number of anilines is 1. The van der Waals surface area contributed by atoms with Crippen LogP contribution in [0.3, 0.4) is 0 Å². The minimum absolute atomic E-state index is 0.0790. The van der Waals surface area contributed by atoms with Gasteiger partial charge in [0, 0.05) is 37.0 Å². The number of carbonyl (C=O) groups excluding carboxylic acids is 1. The third kappa shape index (κ3) is 5.81. The Bertz CT molecular complexity index is 815. The Morgan fingerprint density at radius 2 is 1.73 bits per heavy atom. The predicted octanol–water partition coefficient (Wildman–Crippen LogP) is 4.20. The van der Waals surface area contributed by atoms with Gasteiger partial charge in [-0.1, -0.05) is 19.1 Å². The number of nitrogens with zero attached hydrogens (tertiary/aromatic N) is 1. The van der Waals surface area contributed by atoms with E-state index in [-0.39, 0.29) is 18.6 Å². The van der Waals surface area contributed by atoms with E-state index in [0.717, 1.165) is 24.6 Å². The maximum absolute atomic E-state index is 12.4. The Hall–Kier alpha value is -2.89. The number of methoxy groups -OCH3 is 2. The summed E-state index contributed by atoms with van der Waals surface area (Å²) < 4.78 is 16.1. The number of hydrogen-bond donors (Lipinski definition) is 1. The van der Waals surface area contributed by atoms with E-state index < -0.39 is 0 Å². The van der Waals surface area contributed by atoms with Crippen LogP contribution < -0.4 is 24.4 Å². The molecule has 0 saturated carbocycles. The molecule has 1 heterocycles. The zero-order chi connectivity index (χ0) is 21.5. The summed E-state index contributed by atoms with van der Waals surface area (Å²) in [5.41, 5.74) is 2.32. The summed E-state index contributed by atoms with van der Waals surface area (Å²) in [5.74, 6) is 2.30. The first-order valence-corrected chi connectivity index (χ1v) is 10.5. The molecule has 0 aromatic heterocycles. The van der Waals surface area contributed by atoms with E-state index in [9.17, 15) is 4.79 Å². The highest BCUT2D eigenvalue weighted by molar-refractivity contribution is 5.78. The monoisotopic (exact) mass is 412 g/mol. The molecule has 2 atom stereocenters. The molecule has 30 heavy (non-hydrogen) atoms. The van der Waals surface area contributed by atoms with Gasteiger partial charge in [0.25, 0.3) is 5.91 Å². The highest BCUT2D eigenvalue weighted by Crippen LogP contribution is 2.27. The van der Waals surface area contributed by atoms with E-state index in [4.69, 9.17) is 14.2 Å². The van der Waals surface area contributed by atoms with Gasteiger partial charge in [-0.15, -0.1) is 0 Å². The molecular formula is C24H32N2O4. The molecule has 3 rings (SSSR count). The lowest BCUT2D eigenvalue weighted by atomic mass is 9.99. The Kier molecular flexibility index (Phi) is 7.44. The fraction of sp³-hybridized carbons (Fsp3) is 0.458. The minimum atomic E-state index is -0.182. The quantitative estimate of drug-likeness (QED) is 0.704. The van der Waals surface area contributed by atoms with Crippen LogP contribution in [0.1, 0.15) is 38.3 Å². The molecule has 1 aliphatic heterocycles. The Balaban J connectivity index is 1.53. The topological polar surface area (TPSA) is 60.0 Å². The van der Waals surface area contributed by atoms with Crippen molar-refractivity contribution in [3.05, 3.63) is 48.0 Å². The zero-order valence-corrected chi connectivity index (χ0v) is 18.3. The summed E-state index contributed by atoms with van der Waals surface area (Å²) in [5, 5.41) is 2.99. The van der Waals surface area contributed by atoms with Gasteiger partial charge in [-0.3, -0.25) is 4.79 Å². The molecular weight excluding hydrogens is 380 g/mol. The Labute approximate surface area is 179 Å². The van der Waals surface area contributed by atoms with Gasteiger partial charge in [-0.25, -0.2) is 0 Å². The number of carbonyl (C=O) groups is 1. The number of piperidine rings is 1. The summed E-state index contributed by atoms with van der Waals surface area (Å²) in [6, 6.07) is 13.6. The first kappa shape index (κ1) is 21.8. The smallest absolute Gasteiger partial charge is 0.258 e. The van der Waals surface area contributed by atoms with E-state index in [0.29, 0.717) is 17.2 Å². The van der Waals surface area contributed by atoms with Crippen LogP contribution >= 0.6 is 0 Å². The van der Waals surface area contributed by atoms with E-state index >= 15 is 0 Å². The van der Waals surface area contributed by atoms with E-state index in [1.807, 2.05) is 6.92 Å². The molecule has 1 saturated heterocycles. The summed E-state index contributed by atoms with van der Waals surface area (Å²) in [4.78, 5) is 14.8. The lowest BCUT2D eigenvalue weighted by molar-refractivity contribution is -0.123. The van der Waals surface area contributed by atoms with Crippen molar-refractivity contribution >= 4 is 11.6 Å². The van der Waals surface area contributed by atoms with E-state index in [1.54, 1.807) is 32.4 Å². The van der Waals surface area contributed by atoms with Crippen molar-refractivity contribution in [3.8, 4) is 17.2 Å². The van der Waals surface area contributed by atoms with Gasteiger partial charge in [0.05, 0.1) is 20.3 Å². The van der Waals surface area contributed by atoms with Crippen LogP contribution in [0.5, 0.6) is 17.2 Å². The number of amides is 1. The van der Waals surface area contributed by atoms with Gasteiger partial charge >= 0.3 is 0 Å². The molecule has 0 bridgehead atoms. The van der Waals surface area contributed by atoms with Gasteiger partial charge < -0.3 is 24.4 Å². The molecule has 6 nitrogen and oxygen atoms in total. The first-order chi connectivity index (χ1) is 14.5. The summed E-state index contributed by atoms with van der Waals surface area (Å²) in [6.45, 7) is 6.43. The third-order valence-corrected chi connectivity index (χ3v) is 5.49. The van der Waals surface area contributed by atoms with Crippen LogP contribution in [0, 0.1) is 5.92 Å². The molecule has 1 amide bonds. The molecule has 1 aliphatic rings. The molecule has 2 aromatic carbocycles. The van der Waals surface area contributed by atoms with Crippen molar-refractivity contribution in [3.63, 3.8) is 0 Å². The van der Waals surface area contributed by atoms with Gasteiger partial charge in [0.1, 0.15) is 17.2 Å². The second-order valence-electron chi connectivity index (χ2n) is 7.91. The number of benzene rings is 2. The van der Waals surface area contributed by atoms with Gasteiger partial charge in [-0.2, -0.15) is 0 Å². The molecule has 0 radical (unpaired) electrons. The fourth-order valence-electron chi connectivity index (χ4n) is 3.78. The highest BCUT2D eigenvalue weighted by Gasteiger charge is 2.17. The number of ether oxygens (including phenoxy) is 3. The lowest BCUT2D eigenvalue weighted by Crippen LogP contribution is -2.34. The molecule has 6 heteroatoms. The van der Waals surface area contributed by atoms with Crippen molar-refractivity contribution in [2.75, 3.05) is 38.8 Å². The molecule has 0 spiro atoms. The maximum Gasteiger partial charge on any atom is 0.258 e. The van der Waals surface area contributed by atoms with Crippen LogP contribution in [-0.2, 0) is 4.79 Å². The minimum Gasteiger partial charge on any atom is -0.496 e. The largest absolute Gasteiger partial charge is 0.496 e. The predicted molar refractivity (Wildman–Crippen MR) is 119 cm³/mol. The van der Waals surface area contributed by atoms with Crippen LogP contribution in [0.25, 0.3) is 0 Å². The molecule has 162 valence electrons. The first-order valence-electron chi connectivity index (χ1n) is 10.5. The van der Waals surface area contributed by atoms with Gasteiger partial charge in [0.2, 0.25) is 0 Å². The average Bonchev–Trinajstić information content (AvgIpc) is 2.77. The van der Waals surface area contributed by atoms with Crippen LogP contribution in [0.2, 0.25) is 0 Å². The molecule has 1 N–H and O–H groups in total. The van der Waals surface area contributed by atoms with Gasteiger partial charge in [0.15, 0.2) is 6.61 Å². The summed E-state index contributed by atoms with van der Waals surface area (Å²) in [6.07, 6.45) is 2.55. The van der Waals surface area contributed by atoms with E-state index in [2.05, 4.69) is 41.4 Å². The zero-order valence-electron chi connectivity index (χ0n) is 18.3. The third-order valence-electron chi connectivity index (χ3n) is 5.49. The molecule has 0 aliphatic carbocycles. The summed E-state index contributed by atoms with van der Waals surface area (Å²) in [7, 11) is 3.15. The van der Waals surface area contributed by atoms with Crippen LogP contribution in [0.4, 0.5) is 5.69 Å². The SMILES string of the molecule is COc1cc(OC)cc(OCC(=O)NC(C)c2ccc(N3CCCC(C)C3)cc2)c1. The Morgan fingerprint density at radius 3 is 2.33 bits per heavy atom. The lowest BCUT2D eigenvalue weighted by Gasteiger charge is -2.33. The average molecular weight is 413 g/mol. The molecule has 2 unspecified atom stereocenters. The summed E-state index contributed by atoms with van der Waals surface area (Å²) >= 11 is 0. The molecule has 2 aromatic rings. The highest BCUT2D eigenvalue weighted by atomic mass is 16.5. The maximum atomic E-state index is 12.4. The van der Waals surface area contributed by atoms with E-state index in [1.165, 1.54) is 18.5 Å². The number of rotatable bonds is 8. The second-order valence-corrected chi connectivity index (χ2v) is 7.91. The van der Waals surface area contributed by atoms with Crippen molar-refractivity contribution < 1.29 is 19.0 Å². The Morgan fingerprint density at radius 1 is 1.10 bits per heavy atom. The fourth-order valence-corrected chi connectivity index (χ4v) is 3.78. The molecule has 1 fully saturated rings. The normalized spacial score (nSPS) is 17.2. The number of nitrogens with one attached hydrogen (secondary N) is 1. The van der Waals surface area contributed by atoms with Crippen molar-refractivity contribution in [1.29, 1.82) is 0 Å². The van der Waals surface area contributed by atoms with Crippen LogP contribution in [-0.4, -0.2) is 39.8 Å². The van der Waals surface area contributed by atoms with Gasteiger partial charge in [-0.05, 0) is 43.4 Å². The van der Waals surface area contributed by atoms with Crippen molar-refractivity contribution in [2.24, 2.45) is 5.92 Å². The standard InChI is InChI=1S/C24H32N2O4/c1-17-6-5-11-26(15-17)20-9-7-19(8-10-20)18(2)25-24(27)16-30-23-13-21(28-3)12-22(14-23)29-4/h7-10,12-14,17-18H,5-6,11,15-16H2,1-4H3,(H,25,27). The second kappa shape index (κ2) is 10.2. The van der Waals surface area contributed by atoms with Crippen LogP contribution in [0.15, 0.2) is 42.5 Å². The van der Waals surface area contributed by atoms with Crippen molar-refractivity contribution in [1.82, 2.24) is 5.32 Å².